The van der Waals surface area contributed by atoms with Gasteiger partial charge in [-0.1, -0.05) is 77.9 Å². The van der Waals surface area contributed by atoms with E-state index in [1.807, 2.05) is 102 Å². The normalized spacial score (nSPS) is 7.47. The Bertz CT molecular complexity index is 316. The SMILES string of the molecule is CC.CC.CC.c1ccc(Nc2ccccc2)cc1. The molecule has 1 nitrogen and oxygen atoms in total. The lowest BCUT2D eigenvalue weighted by Crippen LogP contribution is -1.87. The minimum Gasteiger partial charge on any atom is -0.356 e. The highest BCUT2D eigenvalue weighted by atomic mass is 14.9. The summed E-state index contributed by atoms with van der Waals surface area (Å²) < 4.78 is 0. The van der Waals surface area contributed by atoms with Crippen LogP contribution in [0.15, 0.2) is 60.7 Å². The Morgan fingerprint density at radius 2 is 0.737 bits per heavy atom. The monoisotopic (exact) mass is 259 g/mol. The van der Waals surface area contributed by atoms with Gasteiger partial charge in [0.05, 0.1) is 0 Å². The quantitative estimate of drug-likeness (QED) is 0.648. The van der Waals surface area contributed by atoms with Crippen LogP contribution in [0.2, 0.25) is 0 Å². The van der Waals surface area contributed by atoms with Gasteiger partial charge in [-0.2, -0.15) is 0 Å². The van der Waals surface area contributed by atoms with Crippen molar-refractivity contribution in [3.8, 4) is 0 Å². The maximum Gasteiger partial charge on any atom is 0.0384 e. The lowest BCUT2D eigenvalue weighted by atomic mass is 10.3. The van der Waals surface area contributed by atoms with Gasteiger partial charge in [-0.3, -0.25) is 0 Å². The predicted octanol–water partition coefficient (Wildman–Crippen LogP) is 6.51. The van der Waals surface area contributed by atoms with Gasteiger partial charge in [0.25, 0.3) is 0 Å². The van der Waals surface area contributed by atoms with Crippen molar-refractivity contribution in [2.24, 2.45) is 0 Å². The largest absolute Gasteiger partial charge is 0.356 e. The molecule has 0 heterocycles. The predicted molar refractivity (Wildman–Crippen MR) is 90.2 cm³/mol. The van der Waals surface area contributed by atoms with Gasteiger partial charge in [-0.25, -0.2) is 0 Å². The molecular formula is C18H29N. The van der Waals surface area contributed by atoms with E-state index < -0.39 is 0 Å². The summed E-state index contributed by atoms with van der Waals surface area (Å²) in [6.45, 7) is 12.0. The van der Waals surface area contributed by atoms with Crippen LogP contribution in [-0.4, -0.2) is 0 Å². The standard InChI is InChI=1S/C12H11N.3C2H6/c1-3-7-11(8-4-1)13-12-9-5-2-6-10-12;3*1-2/h1-10,13H;3*1-2H3. The number of para-hydroxylation sites is 2. The third-order valence-corrected chi connectivity index (χ3v) is 1.84. The van der Waals surface area contributed by atoms with Crippen LogP contribution < -0.4 is 5.32 Å². The van der Waals surface area contributed by atoms with Gasteiger partial charge in [0.15, 0.2) is 0 Å². The topological polar surface area (TPSA) is 12.0 Å². The molecule has 0 radical (unpaired) electrons. The number of rotatable bonds is 2. The minimum atomic E-state index is 1.12. The molecule has 0 saturated carbocycles. The highest BCUT2D eigenvalue weighted by Crippen LogP contribution is 2.14. The van der Waals surface area contributed by atoms with Crippen molar-refractivity contribution < 1.29 is 0 Å². The molecule has 2 rings (SSSR count). The molecule has 0 unspecified atom stereocenters. The molecule has 2 aromatic rings. The van der Waals surface area contributed by atoms with Gasteiger partial charge in [-0.15, -0.1) is 0 Å². The van der Waals surface area contributed by atoms with Crippen molar-refractivity contribution in [1.82, 2.24) is 0 Å². The fourth-order valence-corrected chi connectivity index (χ4v) is 1.21. The Morgan fingerprint density at radius 3 is 1.00 bits per heavy atom. The maximum atomic E-state index is 3.30. The molecule has 106 valence electrons. The molecule has 2 aromatic carbocycles. The first-order valence-electron chi connectivity index (χ1n) is 7.32. The van der Waals surface area contributed by atoms with E-state index in [9.17, 15) is 0 Å². The molecule has 0 aliphatic rings. The van der Waals surface area contributed by atoms with Gasteiger partial charge >= 0.3 is 0 Å². The van der Waals surface area contributed by atoms with E-state index in [4.69, 9.17) is 0 Å². The van der Waals surface area contributed by atoms with Crippen LogP contribution in [0.3, 0.4) is 0 Å². The number of hydrogen-bond donors (Lipinski definition) is 1. The number of hydrogen-bond acceptors (Lipinski definition) is 1. The first kappa shape index (κ1) is 19.6. The summed E-state index contributed by atoms with van der Waals surface area (Å²) in [4.78, 5) is 0. The van der Waals surface area contributed by atoms with Crippen molar-refractivity contribution in [1.29, 1.82) is 0 Å². The summed E-state index contributed by atoms with van der Waals surface area (Å²) in [5.41, 5.74) is 2.24. The average Bonchev–Trinajstić information content (AvgIpc) is 2.55. The molecule has 19 heavy (non-hydrogen) atoms. The van der Waals surface area contributed by atoms with Crippen LogP contribution in [0.4, 0.5) is 11.4 Å². The second kappa shape index (κ2) is 16.2. The summed E-state index contributed by atoms with van der Waals surface area (Å²) in [5, 5.41) is 3.30. The molecule has 0 aliphatic carbocycles. The van der Waals surface area contributed by atoms with Crippen LogP contribution >= 0.6 is 0 Å². The Kier molecular flexibility index (Phi) is 16.7. The second-order valence-electron chi connectivity index (χ2n) is 2.86. The molecule has 0 saturated heterocycles. The minimum absolute atomic E-state index is 1.12. The van der Waals surface area contributed by atoms with E-state index in [-0.39, 0.29) is 0 Å². The molecule has 0 atom stereocenters. The molecule has 1 N–H and O–H groups in total. The fourth-order valence-electron chi connectivity index (χ4n) is 1.21. The highest BCUT2D eigenvalue weighted by Gasteiger charge is 1.89. The van der Waals surface area contributed by atoms with Gasteiger partial charge in [-0.05, 0) is 24.3 Å². The van der Waals surface area contributed by atoms with Crippen molar-refractivity contribution in [3.05, 3.63) is 60.7 Å². The Balaban J connectivity index is 0. The average molecular weight is 259 g/mol. The zero-order valence-corrected chi connectivity index (χ0v) is 13.3. The van der Waals surface area contributed by atoms with E-state index in [1.165, 1.54) is 0 Å². The van der Waals surface area contributed by atoms with Crippen LogP contribution in [0.1, 0.15) is 41.5 Å². The van der Waals surface area contributed by atoms with Crippen molar-refractivity contribution in [2.45, 2.75) is 41.5 Å². The van der Waals surface area contributed by atoms with Crippen LogP contribution in [0.5, 0.6) is 0 Å². The molecule has 0 bridgehead atoms. The lowest BCUT2D eigenvalue weighted by molar-refractivity contribution is 1.50. The van der Waals surface area contributed by atoms with Crippen molar-refractivity contribution in [2.75, 3.05) is 5.32 Å². The third kappa shape index (κ3) is 9.90. The van der Waals surface area contributed by atoms with Crippen LogP contribution in [0, 0.1) is 0 Å². The number of benzene rings is 2. The molecule has 1 heteroatoms. The van der Waals surface area contributed by atoms with Gasteiger partial charge in [0.1, 0.15) is 0 Å². The zero-order valence-electron chi connectivity index (χ0n) is 13.3. The smallest absolute Gasteiger partial charge is 0.0384 e. The maximum absolute atomic E-state index is 3.30. The third-order valence-electron chi connectivity index (χ3n) is 1.84. The fraction of sp³-hybridized carbons (Fsp3) is 0.333. The second-order valence-corrected chi connectivity index (χ2v) is 2.86. The lowest BCUT2D eigenvalue weighted by Gasteiger charge is -2.04. The first-order valence-corrected chi connectivity index (χ1v) is 7.32. The summed E-state index contributed by atoms with van der Waals surface area (Å²) in [6, 6.07) is 20.3. The zero-order chi connectivity index (χ0) is 14.9. The van der Waals surface area contributed by atoms with E-state index in [0.29, 0.717) is 0 Å². The summed E-state index contributed by atoms with van der Waals surface area (Å²) >= 11 is 0. The molecule has 0 spiro atoms. The molecule has 0 amide bonds. The number of anilines is 2. The van der Waals surface area contributed by atoms with Gasteiger partial charge < -0.3 is 5.32 Å². The van der Waals surface area contributed by atoms with E-state index in [1.54, 1.807) is 0 Å². The first-order chi connectivity index (χ1) is 9.45. The van der Waals surface area contributed by atoms with E-state index in [2.05, 4.69) is 5.32 Å². The van der Waals surface area contributed by atoms with Crippen molar-refractivity contribution >= 4 is 11.4 Å². The van der Waals surface area contributed by atoms with E-state index >= 15 is 0 Å². The van der Waals surface area contributed by atoms with Crippen LogP contribution in [-0.2, 0) is 0 Å². The van der Waals surface area contributed by atoms with Gasteiger partial charge in [0.2, 0.25) is 0 Å². The summed E-state index contributed by atoms with van der Waals surface area (Å²) in [7, 11) is 0. The van der Waals surface area contributed by atoms with Gasteiger partial charge in [0, 0.05) is 11.4 Å². The summed E-state index contributed by atoms with van der Waals surface area (Å²) in [6.07, 6.45) is 0. The van der Waals surface area contributed by atoms with Crippen molar-refractivity contribution in [3.63, 3.8) is 0 Å². The molecular weight excluding hydrogens is 230 g/mol. The summed E-state index contributed by atoms with van der Waals surface area (Å²) in [5.74, 6) is 0. The number of nitrogens with one attached hydrogen (secondary N) is 1. The Morgan fingerprint density at radius 1 is 0.474 bits per heavy atom. The Hall–Kier alpha value is -1.76. The Labute approximate surface area is 119 Å². The van der Waals surface area contributed by atoms with Crippen LogP contribution in [0.25, 0.3) is 0 Å². The molecule has 0 aliphatic heterocycles. The molecule has 0 fully saturated rings. The molecule has 0 aromatic heterocycles. The highest BCUT2D eigenvalue weighted by molar-refractivity contribution is 5.58. The van der Waals surface area contributed by atoms with E-state index in [0.717, 1.165) is 11.4 Å².